The molecule has 0 radical (unpaired) electrons. The van der Waals surface area contributed by atoms with Gasteiger partial charge in [0.2, 0.25) is 5.88 Å². The number of nitrogens with two attached hydrogens (primary N) is 2. The highest BCUT2D eigenvalue weighted by atomic mass is 35.5. The molecule has 4 fully saturated rings. The van der Waals surface area contributed by atoms with Gasteiger partial charge < -0.3 is 45.9 Å². The Morgan fingerprint density at radius 1 is 0.476 bits per heavy atom. The summed E-state index contributed by atoms with van der Waals surface area (Å²) < 4.78 is 124. The number of terminal acetylenes is 1. The molecule has 4 aliphatic heterocycles. The first-order valence-electron chi connectivity index (χ1n) is 47.3. The predicted molar refractivity (Wildman–Crippen MR) is 566 cm³/mol. The van der Waals surface area contributed by atoms with Crippen LogP contribution in [0.3, 0.4) is 0 Å². The van der Waals surface area contributed by atoms with E-state index in [0.717, 1.165) is 61.3 Å². The van der Waals surface area contributed by atoms with E-state index < -0.39 is 63.7 Å². The maximum Gasteiger partial charge on any atom is 0.281 e. The van der Waals surface area contributed by atoms with E-state index in [2.05, 4.69) is 184 Å². The van der Waals surface area contributed by atoms with Crippen LogP contribution < -0.4 is 64.7 Å². The number of pyridine rings is 8. The number of aromatic nitrogens is 8. The number of nitrogen functional groups attached to an aromatic ring is 2. The number of aryl methyl sites for hydroxylation is 1. The molecule has 762 valence electrons. The Kier molecular flexibility index (Phi) is 33.8. The second-order valence-corrected chi connectivity index (χ2v) is 46.9. The van der Waals surface area contributed by atoms with E-state index in [-0.39, 0.29) is 76.5 Å². The van der Waals surface area contributed by atoms with Gasteiger partial charge in [0.05, 0.1) is 40.1 Å². The number of rotatable bonds is 26. The van der Waals surface area contributed by atoms with Crippen molar-refractivity contribution in [3.63, 3.8) is 0 Å². The van der Waals surface area contributed by atoms with E-state index in [4.69, 9.17) is 55.6 Å². The van der Waals surface area contributed by atoms with E-state index in [1.807, 2.05) is 54.3 Å². The van der Waals surface area contributed by atoms with Crippen molar-refractivity contribution in [2.45, 2.75) is 179 Å². The molecule has 5 unspecified atom stereocenters. The van der Waals surface area contributed by atoms with Crippen molar-refractivity contribution in [2.24, 2.45) is 35.5 Å². The van der Waals surface area contributed by atoms with E-state index in [0.29, 0.717) is 135 Å². The van der Waals surface area contributed by atoms with Gasteiger partial charge in [0.25, 0.3) is 63.7 Å². The molecule has 16 rings (SSSR count). The monoisotopic (exact) mass is 2080 g/mol. The zero-order valence-electron chi connectivity index (χ0n) is 83.6. The number of nitrogens with zero attached hydrogens (tertiary/aromatic N) is 12. The fourth-order valence-corrected chi connectivity index (χ4v) is 22.4. The Labute approximate surface area is 858 Å². The number of carbonyl (C=O) groups excluding carboxylic acids is 4. The number of hydrogen-bond donors (Lipinski definition) is 7. The van der Waals surface area contributed by atoms with Crippen LogP contribution in [0.25, 0.3) is 22.4 Å². The number of sulfonamides is 4. The summed E-state index contributed by atoms with van der Waals surface area (Å²) in [6.45, 7) is 37.9. The average Bonchev–Trinajstić information content (AvgIpc) is 1.77. The lowest BCUT2D eigenvalue weighted by Crippen LogP contribution is -2.41. The zero-order valence-corrected chi connectivity index (χ0v) is 88.4. The molecule has 0 aliphatic carbocycles. The van der Waals surface area contributed by atoms with Gasteiger partial charge in [-0.15, -0.1) is 6.42 Å². The molecule has 4 saturated heterocycles. The van der Waals surface area contributed by atoms with Gasteiger partial charge in [-0.1, -0.05) is 140 Å². The highest BCUT2D eigenvalue weighted by Crippen LogP contribution is 2.43. The molecule has 33 nitrogen and oxygen atoms in total. The van der Waals surface area contributed by atoms with E-state index in [9.17, 15) is 52.8 Å². The summed E-state index contributed by atoms with van der Waals surface area (Å²) in [6.07, 6.45) is 14.0. The molecule has 0 spiro atoms. The number of hydrogen-bond acceptors (Lipinski definition) is 29. The average molecular weight is 2080 g/mol. The number of para-hydroxylation sites is 1. The number of piperidine rings is 1. The fourth-order valence-electron chi connectivity index (χ4n) is 18.1. The number of amides is 4. The SMILES string of the molecule is C#Cc1ccccc1Oc1cccc(S(=O)(=O)NC(=O)c2cccnc2N2CC(C)CC2(C)C)n1.CC1CN(c2ncc(-c3cc(Cl)cc(Cl)c3)cc2C(=O)NS(=O)(=O)c2cccc(N)n2)C(C)(C)C1.CC1CN(c2ncccc2C(=O)NS(=O)(=O)c2cccc(Nc3ccc(C(C)C)cc3)n2)C(C)(C)C1.Cc1cc(OCC(C)C)cc(-c2ccc(C(=O)NS(=O)(=O)c3cccc(N)n3)c(N3CCC(C)C(C)C3)n2)c1. The highest BCUT2D eigenvalue weighted by Gasteiger charge is 2.43. The predicted octanol–water partition coefficient (Wildman–Crippen LogP) is 18.5. The van der Waals surface area contributed by atoms with Gasteiger partial charge in [-0.2, -0.15) is 38.7 Å². The molecule has 9 N–H and O–H groups in total. The number of anilines is 8. The Morgan fingerprint density at radius 3 is 1.42 bits per heavy atom. The number of nitrogens with one attached hydrogen (secondary N) is 5. The second-order valence-electron chi connectivity index (χ2n) is 39.6. The van der Waals surface area contributed by atoms with Crippen LogP contribution in [0.1, 0.15) is 194 Å². The van der Waals surface area contributed by atoms with E-state index in [1.165, 1.54) is 66.2 Å². The Bertz CT molecular complexity index is 7340. The molecule has 12 heterocycles. The maximum atomic E-state index is 13.4. The number of carbonyl (C=O) groups is 4. The molecule has 39 heteroatoms. The second kappa shape index (κ2) is 45.2. The largest absolute Gasteiger partial charge is 0.493 e. The van der Waals surface area contributed by atoms with Gasteiger partial charge in [0.15, 0.2) is 20.1 Å². The Hall–Kier alpha value is -13.9. The van der Waals surface area contributed by atoms with Crippen molar-refractivity contribution in [3.05, 3.63) is 268 Å². The van der Waals surface area contributed by atoms with Crippen molar-refractivity contribution in [1.29, 1.82) is 0 Å². The van der Waals surface area contributed by atoms with Crippen LogP contribution in [0.15, 0.2) is 239 Å². The fraction of sp³-hybridized carbons (Fsp3) is 0.340. The van der Waals surface area contributed by atoms with Crippen LogP contribution in [0.2, 0.25) is 10.0 Å². The quantitative estimate of drug-likeness (QED) is 0.0248. The lowest BCUT2D eigenvalue weighted by Gasteiger charge is -2.37. The number of halogens is 2. The zero-order chi connectivity index (χ0) is 105. The third kappa shape index (κ3) is 27.2. The molecule has 4 amide bonds. The third-order valence-electron chi connectivity index (χ3n) is 25.1. The van der Waals surface area contributed by atoms with Crippen LogP contribution in [0.4, 0.5) is 46.4 Å². The minimum absolute atomic E-state index is 0.0234. The molecule has 12 aromatic rings. The van der Waals surface area contributed by atoms with Crippen LogP contribution in [-0.2, 0) is 40.1 Å². The summed E-state index contributed by atoms with van der Waals surface area (Å²) >= 11 is 12.3. The minimum atomic E-state index is -4.30. The lowest BCUT2D eigenvalue weighted by molar-refractivity contribution is 0.0972. The molecule has 8 aromatic heterocycles. The molecule has 5 atom stereocenters. The normalized spacial score (nSPS) is 17.4. The van der Waals surface area contributed by atoms with Gasteiger partial charge >= 0.3 is 0 Å². The van der Waals surface area contributed by atoms with Crippen molar-refractivity contribution in [2.75, 3.05) is 75.7 Å². The first kappa shape index (κ1) is 108. The van der Waals surface area contributed by atoms with Crippen molar-refractivity contribution in [3.8, 4) is 52.1 Å². The number of ether oxygens (including phenoxy) is 2. The molecular formula is C106H121Cl2N19O14S4. The first-order chi connectivity index (χ1) is 68.3. The van der Waals surface area contributed by atoms with Crippen molar-refractivity contribution < 1.29 is 62.3 Å². The van der Waals surface area contributed by atoms with Gasteiger partial charge in [-0.05, 0) is 278 Å². The smallest absolute Gasteiger partial charge is 0.281 e. The molecule has 0 bridgehead atoms. The summed E-state index contributed by atoms with van der Waals surface area (Å²) in [5, 5.41) is 2.68. The highest BCUT2D eigenvalue weighted by molar-refractivity contribution is 7.91. The summed E-state index contributed by atoms with van der Waals surface area (Å²) in [7, 11) is -17.0. The summed E-state index contributed by atoms with van der Waals surface area (Å²) in [5.74, 6) is 5.66. The Morgan fingerprint density at radius 2 is 0.945 bits per heavy atom. The molecule has 4 aliphatic rings. The molecule has 0 saturated carbocycles. The van der Waals surface area contributed by atoms with Gasteiger partial charge in [0.1, 0.15) is 52.2 Å². The van der Waals surface area contributed by atoms with Crippen molar-refractivity contribution in [1.82, 2.24) is 58.8 Å². The standard InChI is InChI=1S/C29H37N5O4S.C27H33N5O3S.C26H26N4O4S.C24H25Cl2N5O3S/c1-18(2)17-38-23-14-19(3)13-22(15-23)25-10-9-24(28(31-25)34-12-11-20(4)21(5)16-34)29(35)33-39(36,37)27-8-6-7-26(30)32-27;1-18(2)20-11-13-21(14-12-20)29-23-9-6-10-24(30-23)36(34,35)31-26(33)22-8-7-15-28-25(22)32-17-19(3)16-27(32,4)5;1-5-19-10-6-7-12-21(19)34-22-13-8-14-23(28-22)35(32,33)29-25(31)20-11-9-15-27-24(20)30-17-18(2)16-26(30,3)4;1-14-11-24(2,3)31(13-14)22-19(9-16(12-28-22)15-7-17(25)10-18(26)8-15)23(32)30-35(33,34)21-6-4-5-20(27)29-21/h6-10,13-15,18,20-21H,11-12,16-17H2,1-5H3,(H2,30,32)(H,33,35);6-15,18-19H,16-17H2,1-5H3,(H,29,30)(H,31,33);1,6-15,18H,16-17H2,2-4H3,(H,29,31);4-10,12,14H,11,13H2,1-3H3,(H2,27,29)(H,30,32). The van der Waals surface area contributed by atoms with Gasteiger partial charge in [0, 0.05) is 101 Å². The van der Waals surface area contributed by atoms with Gasteiger partial charge in [-0.3, -0.25) is 19.2 Å². The maximum absolute atomic E-state index is 13.4. The van der Waals surface area contributed by atoms with Crippen molar-refractivity contribution >= 4 is 133 Å². The van der Waals surface area contributed by atoms with Crippen LogP contribution >= 0.6 is 23.2 Å². The van der Waals surface area contributed by atoms with Crippen LogP contribution in [0.5, 0.6) is 17.4 Å². The Balaban J connectivity index is 0.000000162. The van der Waals surface area contributed by atoms with Crippen LogP contribution in [-0.4, -0.2) is 153 Å². The molecule has 145 heavy (non-hydrogen) atoms. The molecular weight excluding hydrogens is 1960 g/mol. The van der Waals surface area contributed by atoms with Gasteiger partial charge in [-0.25, -0.2) is 53.8 Å². The van der Waals surface area contributed by atoms with E-state index in [1.54, 1.807) is 116 Å². The van der Waals surface area contributed by atoms with Crippen LogP contribution in [0, 0.1) is 54.8 Å². The molecule has 4 aromatic carbocycles. The summed E-state index contributed by atoms with van der Waals surface area (Å²) in [5.41, 5.74) is 17.5. The summed E-state index contributed by atoms with van der Waals surface area (Å²) in [6, 6.07) is 54.3. The van der Waals surface area contributed by atoms with E-state index >= 15 is 0 Å². The first-order valence-corrected chi connectivity index (χ1v) is 54.0. The topological polar surface area (TPSA) is 452 Å². The third-order valence-corrected chi connectivity index (χ3v) is 30.4. The number of benzene rings is 4. The summed E-state index contributed by atoms with van der Waals surface area (Å²) in [4.78, 5) is 95.7. The lowest BCUT2D eigenvalue weighted by atomic mass is 9.88. The minimum Gasteiger partial charge on any atom is -0.493 e.